The quantitative estimate of drug-likeness (QED) is 0.804. The largest absolute Gasteiger partial charge is 0.493 e. The lowest BCUT2D eigenvalue weighted by Gasteiger charge is -2.15. The van der Waals surface area contributed by atoms with Crippen molar-refractivity contribution in [1.29, 1.82) is 0 Å². The van der Waals surface area contributed by atoms with E-state index in [9.17, 15) is 4.79 Å². The van der Waals surface area contributed by atoms with Crippen LogP contribution >= 0.6 is 0 Å². The van der Waals surface area contributed by atoms with Crippen LogP contribution in [0.1, 0.15) is 18.7 Å². The smallest absolute Gasteiger partial charge is 0.258 e. The fourth-order valence-electron chi connectivity index (χ4n) is 2.69. The molecule has 0 fully saturated rings. The van der Waals surface area contributed by atoms with Crippen molar-refractivity contribution in [3.63, 3.8) is 0 Å². The number of hydrogen-bond acceptors (Lipinski definition) is 4. The zero-order chi connectivity index (χ0) is 16.6. The Bertz CT molecular complexity index is 911. The predicted molar refractivity (Wildman–Crippen MR) is 91.0 cm³/mol. The van der Waals surface area contributed by atoms with Crippen molar-refractivity contribution >= 4 is 16.5 Å². The van der Waals surface area contributed by atoms with Crippen LogP contribution in [0.25, 0.3) is 10.8 Å². The molecule has 0 saturated heterocycles. The Balaban J connectivity index is 1.94. The molecule has 0 aliphatic rings. The molecule has 2 aromatic heterocycles. The number of anilines is 1. The van der Waals surface area contributed by atoms with Crippen molar-refractivity contribution in [1.82, 2.24) is 14.3 Å². The van der Waals surface area contributed by atoms with Crippen molar-refractivity contribution in [3.8, 4) is 5.75 Å². The standard InChI is InChI=1S/C17H20N4O2/c1-11(16-15(23-4)10-21(3)19-16)18-13-6-5-12-7-8-20(2)17(22)14(12)9-13/h5-11,18H,1-4H3. The fraction of sp³-hybridized carbons (Fsp3) is 0.294. The first-order valence-corrected chi connectivity index (χ1v) is 7.43. The number of nitrogens with one attached hydrogen (secondary N) is 1. The number of rotatable bonds is 4. The average molecular weight is 312 g/mol. The Kier molecular flexibility index (Phi) is 3.82. The molecule has 6 heteroatoms. The third kappa shape index (κ3) is 2.79. The van der Waals surface area contributed by atoms with Gasteiger partial charge in [0.2, 0.25) is 0 Å². The Hall–Kier alpha value is -2.76. The maximum absolute atomic E-state index is 12.2. The third-order valence-corrected chi connectivity index (χ3v) is 3.92. The molecular formula is C17H20N4O2. The summed E-state index contributed by atoms with van der Waals surface area (Å²) in [7, 11) is 5.24. The highest BCUT2D eigenvalue weighted by atomic mass is 16.5. The topological polar surface area (TPSA) is 61.1 Å². The Morgan fingerprint density at radius 1 is 1.26 bits per heavy atom. The SMILES string of the molecule is COc1cn(C)nc1C(C)Nc1ccc2ccn(C)c(=O)c2c1. The first-order chi connectivity index (χ1) is 11.0. The molecule has 0 radical (unpaired) electrons. The molecule has 0 aliphatic carbocycles. The van der Waals surface area contributed by atoms with Gasteiger partial charge in [-0.3, -0.25) is 9.48 Å². The molecule has 0 spiro atoms. The summed E-state index contributed by atoms with van der Waals surface area (Å²) in [6.45, 7) is 2.01. The molecule has 1 N–H and O–H groups in total. The molecule has 1 unspecified atom stereocenters. The van der Waals surface area contributed by atoms with Crippen LogP contribution in [0.2, 0.25) is 0 Å². The van der Waals surface area contributed by atoms with Crippen molar-refractivity contribution in [2.24, 2.45) is 14.1 Å². The zero-order valence-electron chi connectivity index (χ0n) is 13.7. The van der Waals surface area contributed by atoms with Crippen LogP contribution < -0.4 is 15.6 Å². The summed E-state index contributed by atoms with van der Waals surface area (Å²) in [6, 6.07) is 7.68. The van der Waals surface area contributed by atoms with Crippen molar-refractivity contribution in [3.05, 3.63) is 52.7 Å². The van der Waals surface area contributed by atoms with Crippen LogP contribution in [0.5, 0.6) is 5.75 Å². The van der Waals surface area contributed by atoms with E-state index >= 15 is 0 Å². The van der Waals surface area contributed by atoms with Crippen LogP contribution in [0, 0.1) is 0 Å². The van der Waals surface area contributed by atoms with Crippen LogP contribution in [0.15, 0.2) is 41.5 Å². The van der Waals surface area contributed by atoms with E-state index in [0.717, 1.165) is 22.5 Å². The van der Waals surface area contributed by atoms with Gasteiger partial charge in [-0.15, -0.1) is 0 Å². The highest BCUT2D eigenvalue weighted by Gasteiger charge is 2.16. The van der Waals surface area contributed by atoms with Crippen LogP contribution in [0.3, 0.4) is 0 Å². The van der Waals surface area contributed by atoms with E-state index in [1.54, 1.807) is 29.6 Å². The van der Waals surface area contributed by atoms with E-state index in [1.807, 2.05) is 44.4 Å². The average Bonchev–Trinajstić information content (AvgIpc) is 2.92. The van der Waals surface area contributed by atoms with Crippen molar-refractivity contribution in [2.75, 3.05) is 12.4 Å². The molecule has 0 aliphatic heterocycles. The van der Waals surface area contributed by atoms with Gasteiger partial charge in [-0.25, -0.2) is 0 Å². The van der Waals surface area contributed by atoms with Crippen LogP contribution in [-0.2, 0) is 14.1 Å². The molecule has 0 bridgehead atoms. The lowest BCUT2D eigenvalue weighted by atomic mass is 10.1. The lowest BCUT2D eigenvalue weighted by molar-refractivity contribution is 0.407. The monoisotopic (exact) mass is 312 g/mol. The van der Waals surface area contributed by atoms with Crippen LogP contribution in [-0.4, -0.2) is 21.5 Å². The van der Waals surface area contributed by atoms with Gasteiger partial charge in [0.15, 0.2) is 5.75 Å². The normalized spacial score (nSPS) is 12.3. The number of pyridine rings is 1. The molecule has 6 nitrogen and oxygen atoms in total. The summed E-state index contributed by atoms with van der Waals surface area (Å²) < 4.78 is 8.66. The maximum atomic E-state index is 12.2. The second-order valence-corrected chi connectivity index (χ2v) is 5.66. The van der Waals surface area contributed by atoms with Crippen LogP contribution in [0.4, 0.5) is 5.69 Å². The van der Waals surface area contributed by atoms with E-state index in [1.165, 1.54) is 0 Å². The summed E-state index contributed by atoms with van der Waals surface area (Å²) in [5, 5.41) is 9.44. The molecule has 3 rings (SSSR count). The lowest BCUT2D eigenvalue weighted by Crippen LogP contribution is -2.16. The maximum Gasteiger partial charge on any atom is 0.258 e. The summed E-state index contributed by atoms with van der Waals surface area (Å²) in [4.78, 5) is 12.2. The highest BCUT2D eigenvalue weighted by Crippen LogP contribution is 2.27. The third-order valence-electron chi connectivity index (χ3n) is 3.92. The Morgan fingerprint density at radius 3 is 2.78 bits per heavy atom. The van der Waals surface area contributed by atoms with Gasteiger partial charge in [0.25, 0.3) is 5.56 Å². The summed E-state index contributed by atoms with van der Waals surface area (Å²) in [5.74, 6) is 0.740. The first kappa shape index (κ1) is 15.1. The van der Waals surface area contributed by atoms with Gasteiger partial charge in [-0.1, -0.05) is 6.07 Å². The van der Waals surface area contributed by atoms with E-state index in [-0.39, 0.29) is 11.6 Å². The highest BCUT2D eigenvalue weighted by molar-refractivity contribution is 5.84. The number of nitrogens with zero attached hydrogens (tertiary/aromatic N) is 3. The van der Waals surface area contributed by atoms with Gasteiger partial charge >= 0.3 is 0 Å². The molecule has 2 heterocycles. The van der Waals surface area contributed by atoms with Gasteiger partial charge < -0.3 is 14.6 Å². The van der Waals surface area contributed by atoms with Crippen molar-refractivity contribution in [2.45, 2.75) is 13.0 Å². The second-order valence-electron chi connectivity index (χ2n) is 5.66. The van der Waals surface area contributed by atoms with Gasteiger partial charge in [-0.2, -0.15) is 5.10 Å². The molecule has 0 saturated carbocycles. The molecular weight excluding hydrogens is 292 g/mol. The number of aryl methyl sites for hydroxylation is 2. The van der Waals surface area contributed by atoms with E-state index in [4.69, 9.17) is 4.74 Å². The van der Waals surface area contributed by atoms with Gasteiger partial charge in [-0.05, 0) is 30.5 Å². The molecule has 0 amide bonds. The zero-order valence-corrected chi connectivity index (χ0v) is 13.7. The molecule has 1 atom stereocenters. The summed E-state index contributed by atoms with van der Waals surface area (Å²) in [5.41, 5.74) is 1.70. The van der Waals surface area contributed by atoms with E-state index in [2.05, 4.69) is 10.4 Å². The Labute approximate surface area is 134 Å². The number of methoxy groups -OCH3 is 1. The molecule has 1 aromatic carbocycles. The van der Waals surface area contributed by atoms with E-state index in [0.29, 0.717) is 5.39 Å². The van der Waals surface area contributed by atoms with Gasteiger partial charge in [0.05, 0.1) is 19.3 Å². The second kappa shape index (κ2) is 5.79. The van der Waals surface area contributed by atoms with Gasteiger partial charge in [0, 0.05) is 31.4 Å². The number of aromatic nitrogens is 3. The summed E-state index contributed by atoms with van der Waals surface area (Å²) >= 11 is 0. The first-order valence-electron chi connectivity index (χ1n) is 7.43. The molecule has 120 valence electrons. The molecule has 3 aromatic rings. The Morgan fingerprint density at radius 2 is 2.04 bits per heavy atom. The minimum Gasteiger partial charge on any atom is -0.493 e. The number of ether oxygens (including phenoxy) is 1. The number of fused-ring (bicyclic) bond motifs is 1. The fourth-order valence-corrected chi connectivity index (χ4v) is 2.69. The van der Waals surface area contributed by atoms with Crippen molar-refractivity contribution < 1.29 is 4.74 Å². The number of hydrogen-bond donors (Lipinski definition) is 1. The van der Waals surface area contributed by atoms with E-state index < -0.39 is 0 Å². The number of benzene rings is 1. The van der Waals surface area contributed by atoms with Gasteiger partial charge in [0.1, 0.15) is 5.69 Å². The minimum atomic E-state index is -0.0452. The minimum absolute atomic E-state index is 0.00535. The molecule has 23 heavy (non-hydrogen) atoms. The predicted octanol–water partition coefficient (Wildman–Crippen LogP) is 2.45. The summed E-state index contributed by atoms with van der Waals surface area (Å²) in [6.07, 6.45) is 3.61.